The average molecular weight is 389 g/mol. The Bertz CT molecular complexity index is 470. The fourth-order valence-corrected chi connectivity index (χ4v) is 5.07. The smallest absolute Gasteiger partial charge is 0.310 e. The van der Waals surface area contributed by atoms with Crippen LogP contribution in [0.4, 0.5) is 0 Å². The van der Waals surface area contributed by atoms with E-state index in [0.717, 1.165) is 38.5 Å². The zero-order chi connectivity index (χ0) is 17.8. The average Bonchev–Trinajstić information content (AvgIpc) is 2.62. The van der Waals surface area contributed by atoms with Gasteiger partial charge in [0.05, 0.1) is 13.0 Å². The predicted octanol–water partition coefficient (Wildman–Crippen LogP) is 1.89. The standard InChI is InChI=1S/C19H32N2O4.ClH/c1-24-19(23)16(12-5-7-25-8-6-12)11-21-18(22)15-9-13-3-2-4-14(10-15)17(13)20;/h12-17H,2-11,20H2,1H3,(H,21,22);1H. The van der Waals surface area contributed by atoms with Crippen LogP contribution in [0.15, 0.2) is 0 Å². The van der Waals surface area contributed by atoms with Crippen LogP contribution in [-0.4, -0.2) is 44.8 Å². The number of nitrogens with two attached hydrogens (primary N) is 1. The van der Waals surface area contributed by atoms with E-state index in [9.17, 15) is 9.59 Å². The minimum Gasteiger partial charge on any atom is -0.469 e. The summed E-state index contributed by atoms with van der Waals surface area (Å²) in [6.45, 7) is 1.72. The molecular formula is C19H33ClN2O4. The van der Waals surface area contributed by atoms with Gasteiger partial charge in [-0.05, 0) is 56.3 Å². The molecule has 26 heavy (non-hydrogen) atoms. The van der Waals surface area contributed by atoms with Gasteiger partial charge in [0.15, 0.2) is 0 Å². The van der Waals surface area contributed by atoms with Crippen molar-refractivity contribution < 1.29 is 19.1 Å². The summed E-state index contributed by atoms with van der Waals surface area (Å²) < 4.78 is 10.4. The Morgan fingerprint density at radius 3 is 2.35 bits per heavy atom. The van der Waals surface area contributed by atoms with Crippen LogP contribution >= 0.6 is 12.4 Å². The van der Waals surface area contributed by atoms with Crippen LogP contribution in [-0.2, 0) is 19.1 Å². The summed E-state index contributed by atoms with van der Waals surface area (Å²) in [5, 5.41) is 3.05. The zero-order valence-corrected chi connectivity index (χ0v) is 16.5. The summed E-state index contributed by atoms with van der Waals surface area (Å²) in [6.07, 6.45) is 7.01. The number of ether oxygens (including phenoxy) is 2. The van der Waals surface area contributed by atoms with E-state index >= 15 is 0 Å². The molecule has 0 aromatic carbocycles. The SMILES string of the molecule is COC(=O)C(CNC(=O)C1CC2CCCC(C1)C2N)C1CCOCC1.Cl. The summed E-state index contributed by atoms with van der Waals surface area (Å²) in [5.74, 6) is 0.816. The first kappa shape index (κ1) is 21.5. The van der Waals surface area contributed by atoms with Gasteiger partial charge in [-0.2, -0.15) is 0 Å². The van der Waals surface area contributed by atoms with Crippen molar-refractivity contribution in [3.8, 4) is 0 Å². The van der Waals surface area contributed by atoms with Gasteiger partial charge in [0.1, 0.15) is 0 Å². The first-order valence-corrected chi connectivity index (χ1v) is 9.79. The molecule has 0 radical (unpaired) electrons. The lowest BCUT2D eigenvalue weighted by atomic mass is 9.65. The molecule has 7 heteroatoms. The van der Waals surface area contributed by atoms with Gasteiger partial charge in [-0.1, -0.05) is 6.42 Å². The van der Waals surface area contributed by atoms with E-state index in [-0.39, 0.29) is 48.1 Å². The third kappa shape index (κ3) is 4.90. The van der Waals surface area contributed by atoms with E-state index in [4.69, 9.17) is 15.2 Å². The van der Waals surface area contributed by atoms with Crippen LogP contribution in [0.5, 0.6) is 0 Å². The van der Waals surface area contributed by atoms with Gasteiger partial charge in [-0.3, -0.25) is 9.59 Å². The highest BCUT2D eigenvalue weighted by molar-refractivity contribution is 5.85. The second kappa shape index (κ2) is 9.90. The molecule has 3 aliphatic rings. The maximum Gasteiger partial charge on any atom is 0.310 e. The number of fused-ring (bicyclic) bond motifs is 2. The Morgan fingerprint density at radius 1 is 1.15 bits per heavy atom. The molecule has 3 unspecified atom stereocenters. The summed E-state index contributed by atoms with van der Waals surface area (Å²) in [4.78, 5) is 24.9. The van der Waals surface area contributed by atoms with Crippen molar-refractivity contribution in [2.45, 2.75) is 51.0 Å². The summed E-state index contributed by atoms with van der Waals surface area (Å²) in [6, 6.07) is 0.267. The number of carbonyl (C=O) groups excluding carboxylic acids is 2. The number of rotatable bonds is 5. The third-order valence-corrected chi connectivity index (χ3v) is 6.62. The molecule has 0 aromatic heterocycles. The monoisotopic (exact) mass is 388 g/mol. The molecule has 1 saturated heterocycles. The van der Waals surface area contributed by atoms with Gasteiger partial charge in [-0.15, -0.1) is 12.4 Å². The van der Waals surface area contributed by atoms with Crippen LogP contribution in [0.2, 0.25) is 0 Å². The van der Waals surface area contributed by atoms with Crippen LogP contribution < -0.4 is 11.1 Å². The Hall–Kier alpha value is -0.850. The molecule has 2 bridgehead atoms. The lowest BCUT2D eigenvalue weighted by Gasteiger charge is -2.43. The lowest BCUT2D eigenvalue weighted by molar-refractivity contribution is -0.148. The Balaban J connectivity index is 0.00000243. The highest BCUT2D eigenvalue weighted by Crippen LogP contribution is 2.41. The molecule has 1 heterocycles. The van der Waals surface area contributed by atoms with Crippen molar-refractivity contribution in [1.29, 1.82) is 0 Å². The van der Waals surface area contributed by atoms with E-state index in [1.54, 1.807) is 0 Å². The Morgan fingerprint density at radius 2 is 1.77 bits per heavy atom. The summed E-state index contributed by atoms with van der Waals surface area (Å²) in [5.41, 5.74) is 6.32. The van der Waals surface area contributed by atoms with E-state index in [1.165, 1.54) is 13.5 Å². The van der Waals surface area contributed by atoms with Gasteiger partial charge in [0, 0.05) is 31.7 Å². The quantitative estimate of drug-likeness (QED) is 0.702. The fourth-order valence-electron chi connectivity index (χ4n) is 5.07. The molecule has 150 valence electrons. The van der Waals surface area contributed by atoms with Crippen LogP contribution in [0, 0.1) is 29.6 Å². The first-order chi connectivity index (χ1) is 12.1. The molecule has 1 aliphatic heterocycles. The molecule has 3 fully saturated rings. The summed E-state index contributed by atoms with van der Waals surface area (Å²) in [7, 11) is 1.42. The summed E-state index contributed by atoms with van der Waals surface area (Å²) >= 11 is 0. The number of carbonyl (C=O) groups is 2. The Labute approximate surface area is 162 Å². The van der Waals surface area contributed by atoms with E-state index in [1.807, 2.05) is 0 Å². The molecule has 3 rings (SSSR count). The van der Waals surface area contributed by atoms with E-state index in [0.29, 0.717) is 31.6 Å². The largest absolute Gasteiger partial charge is 0.469 e. The third-order valence-electron chi connectivity index (χ3n) is 6.62. The molecule has 2 saturated carbocycles. The van der Waals surface area contributed by atoms with Gasteiger partial charge in [-0.25, -0.2) is 0 Å². The molecule has 2 aliphatic carbocycles. The molecule has 0 aromatic rings. The van der Waals surface area contributed by atoms with Crippen LogP contribution in [0.25, 0.3) is 0 Å². The predicted molar refractivity (Wildman–Crippen MR) is 101 cm³/mol. The molecule has 3 atom stereocenters. The van der Waals surface area contributed by atoms with Crippen LogP contribution in [0.3, 0.4) is 0 Å². The molecule has 0 spiro atoms. The number of amides is 1. The van der Waals surface area contributed by atoms with Gasteiger partial charge < -0.3 is 20.5 Å². The van der Waals surface area contributed by atoms with Gasteiger partial charge in [0.25, 0.3) is 0 Å². The van der Waals surface area contributed by atoms with Crippen molar-refractivity contribution in [3.63, 3.8) is 0 Å². The minimum absolute atomic E-state index is 0. The second-order valence-electron chi connectivity index (χ2n) is 8.02. The molecule has 1 amide bonds. The number of esters is 1. The van der Waals surface area contributed by atoms with Gasteiger partial charge >= 0.3 is 5.97 Å². The maximum absolute atomic E-state index is 12.7. The lowest BCUT2D eigenvalue weighted by Crippen LogP contribution is -2.50. The molecular weight excluding hydrogens is 356 g/mol. The number of nitrogens with one attached hydrogen (secondary N) is 1. The second-order valence-corrected chi connectivity index (χ2v) is 8.02. The van der Waals surface area contributed by atoms with E-state index in [2.05, 4.69) is 5.32 Å². The minimum atomic E-state index is -0.275. The number of halogens is 1. The van der Waals surface area contributed by atoms with Crippen molar-refractivity contribution in [1.82, 2.24) is 5.32 Å². The van der Waals surface area contributed by atoms with Crippen molar-refractivity contribution in [3.05, 3.63) is 0 Å². The van der Waals surface area contributed by atoms with E-state index < -0.39 is 0 Å². The van der Waals surface area contributed by atoms with Crippen LogP contribution in [0.1, 0.15) is 44.9 Å². The fraction of sp³-hybridized carbons (Fsp3) is 0.895. The number of hydrogen-bond donors (Lipinski definition) is 2. The Kier molecular flexibility index (Phi) is 8.17. The first-order valence-electron chi connectivity index (χ1n) is 9.79. The molecule has 3 N–H and O–H groups in total. The maximum atomic E-state index is 12.7. The number of methoxy groups -OCH3 is 1. The van der Waals surface area contributed by atoms with Gasteiger partial charge in [0.2, 0.25) is 5.91 Å². The normalized spacial score (nSPS) is 32.8. The van der Waals surface area contributed by atoms with Crippen molar-refractivity contribution in [2.24, 2.45) is 35.3 Å². The number of hydrogen-bond acceptors (Lipinski definition) is 5. The van der Waals surface area contributed by atoms with Crippen molar-refractivity contribution in [2.75, 3.05) is 26.9 Å². The van der Waals surface area contributed by atoms with Crippen molar-refractivity contribution >= 4 is 24.3 Å². The zero-order valence-electron chi connectivity index (χ0n) is 15.7. The highest BCUT2D eigenvalue weighted by atomic mass is 35.5. The molecule has 6 nitrogen and oxygen atoms in total. The highest BCUT2D eigenvalue weighted by Gasteiger charge is 2.41. The topological polar surface area (TPSA) is 90.7 Å².